The quantitative estimate of drug-likeness (QED) is 0.837. The highest BCUT2D eigenvalue weighted by Gasteiger charge is 2.16. The van der Waals surface area contributed by atoms with Crippen LogP contribution in [-0.4, -0.2) is 27.9 Å². The van der Waals surface area contributed by atoms with E-state index in [0.717, 1.165) is 5.56 Å². The summed E-state index contributed by atoms with van der Waals surface area (Å²) in [6, 6.07) is 10.5. The Balaban J connectivity index is 2.06. The summed E-state index contributed by atoms with van der Waals surface area (Å²) in [5.41, 5.74) is 1.90. The van der Waals surface area contributed by atoms with Crippen LogP contribution < -0.4 is 10.0 Å². The van der Waals surface area contributed by atoms with E-state index < -0.39 is 10.0 Å². The number of aryl methyl sites for hydroxylation is 1. The minimum Gasteiger partial charge on any atom is -0.352 e. The van der Waals surface area contributed by atoms with Crippen molar-refractivity contribution in [1.29, 1.82) is 0 Å². The van der Waals surface area contributed by atoms with Crippen molar-refractivity contribution in [2.24, 2.45) is 0 Å². The van der Waals surface area contributed by atoms with E-state index in [1.54, 1.807) is 25.1 Å². The fraction of sp³-hybridized carbons (Fsp3) is 0.235. The number of carbonyl (C=O) groups excluding carboxylic acids is 1. The summed E-state index contributed by atoms with van der Waals surface area (Å²) in [4.78, 5) is 12.3. The molecule has 0 aliphatic carbocycles. The summed E-state index contributed by atoms with van der Waals surface area (Å²) in [6.07, 6.45) is 0.555. The summed E-state index contributed by atoms with van der Waals surface area (Å²) >= 11 is 0. The minimum atomic E-state index is -3.60. The van der Waals surface area contributed by atoms with Crippen molar-refractivity contribution in [3.8, 4) is 0 Å². The minimum absolute atomic E-state index is 0.0410. The Morgan fingerprint density at radius 1 is 1.12 bits per heavy atom. The maximum absolute atomic E-state index is 12.8. The first-order chi connectivity index (χ1) is 11.3. The molecule has 0 spiro atoms. The van der Waals surface area contributed by atoms with Gasteiger partial charge in [-0.3, -0.25) is 4.79 Å². The normalized spacial score (nSPS) is 11.3. The van der Waals surface area contributed by atoms with Gasteiger partial charge in [-0.1, -0.05) is 18.2 Å². The molecule has 2 N–H and O–H groups in total. The summed E-state index contributed by atoms with van der Waals surface area (Å²) in [5, 5.41) is 2.75. The lowest BCUT2D eigenvalue weighted by molar-refractivity contribution is 0.0953. The molecule has 0 saturated heterocycles. The first-order valence-electron chi connectivity index (χ1n) is 7.40. The van der Waals surface area contributed by atoms with E-state index in [0.29, 0.717) is 24.1 Å². The fourth-order valence-electron chi connectivity index (χ4n) is 2.20. The van der Waals surface area contributed by atoms with E-state index in [9.17, 15) is 17.6 Å². The molecule has 0 saturated carbocycles. The maximum atomic E-state index is 12.8. The van der Waals surface area contributed by atoms with Crippen molar-refractivity contribution in [1.82, 2.24) is 10.0 Å². The SMILES string of the molecule is CNS(=O)(=O)c1ccc(C)c(C(=O)NCCc2ccc(F)cc2)c1. The van der Waals surface area contributed by atoms with Crippen LogP contribution >= 0.6 is 0 Å². The number of amides is 1. The van der Waals surface area contributed by atoms with Gasteiger partial charge in [-0.05, 0) is 55.8 Å². The summed E-state index contributed by atoms with van der Waals surface area (Å²) in [6.45, 7) is 2.11. The van der Waals surface area contributed by atoms with E-state index >= 15 is 0 Å². The number of nitrogens with one attached hydrogen (secondary N) is 2. The van der Waals surface area contributed by atoms with Crippen LogP contribution in [0.15, 0.2) is 47.4 Å². The number of hydrogen-bond donors (Lipinski definition) is 2. The highest BCUT2D eigenvalue weighted by atomic mass is 32.2. The standard InChI is InChI=1S/C17H19FN2O3S/c1-12-3-8-15(24(22,23)19-2)11-16(12)17(21)20-10-9-13-4-6-14(18)7-5-13/h3-8,11,19H,9-10H2,1-2H3,(H,20,21). The van der Waals surface area contributed by atoms with Gasteiger partial charge in [0.1, 0.15) is 5.82 Å². The number of benzene rings is 2. The second-order valence-electron chi connectivity index (χ2n) is 5.32. The molecule has 2 aromatic carbocycles. The molecule has 0 radical (unpaired) electrons. The molecule has 7 heteroatoms. The zero-order valence-electron chi connectivity index (χ0n) is 13.5. The molecule has 2 rings (SSSR count). The highest BCUT2D eigenvalue weighted by Crippen LogP contribution is 2.15. The zero-order chi connectivity index (χ0) is 17.7. The van der Waals surface area contributed by atoms with Gasteiger partial charge in [0.25, 0.3) is 5.91 Å². The number of halogens is 1. The van der Waals surface area contributed by atoms with Crippen molar-refractivity contribution >= 4 is 15.9 Å². The van der Waals surface area contributed by atoms with Crippen molar-refractivity contribution in [2.45, 2.75) is 18.2 Å². The van der Waals surface area contributed by atoms with Gasteiger partial charge in [0.15, 0.2) is 0 Å². The molecular weight excluding hydrogens is 331 g/mol. The Labute approximate surface area is 141 Å². The molecule has 0 heterocycles. The van der Waals surface area contributed by atoms with Crippen molar-refractivity contribution < 1.29 is 17.6 Å². The lowest BCUT2D eigenvalue weighted by Crippen LogP contribution is -2.27. The van der Waals surface area contributed by atoms with Gasteiger partial charge in [-0.2, -0.15) is 0 Å². The molecule has 0 bridgehead atoms. The lowest BCUT2D eigenvalue weighted by atomic mass is 10.1. The van der Waals surface area contributed by atoms with Gasteiger partial charge in [0.05, 0.1) is 4.90 Å². The highest BCUT2D eigenvalue weighted by molar-refractivity contribution is 7.89. The molecule has 0 aliphatic heterocycles. The third-order valence-corrected chi connectivity index (χ3v) is 5.06. The van der Waals surface area contributed by atoms with E-state index in [-0.39, 0.29) is 16.6 Å². The monoisotopic (exact) mass is 350 g/mol. The summed E-state index contributed by atoms with van der Waals surface area (Å²) in [7, 11) is -2.29. The topological polar surface area (TPSA) is 75.3 Å². The van der Waals surface area contributed by atoms with Crippen molar-refractivity contribution in [3.63, 3.8) is 0 Å². The molecular formula is C17H19FN2O3S. The molecule has 0 fully saturated rings. The fourth-order valence-corrected chi connectivity index (χ4v) is 2.95. The first kappa shape index (κ1) is 18.1. The average molecular weight is 350 g/mol. The third kappa shape index (κ3) is 4.39. The Morgan fingerprint density at radius 3 is 2.42 bits per heavy atom. The van der Waals surface area contributed by atoms with E-state index in [4.69, 9.17) is 0 Å². The zero-order valence-corrected chi connectivity index (χ0v) is 14.3. The van der Waals surface area contributed by atoms with Gasteiger partial charge >= 0.3 is 0 Å². The van der Waals surface area contributed by atoms with Crippen LogP contribution in [0, 0.1) is 12.7 Å². The van der Waals surface area contributed by atoms with Crippen LogP contribution in [0.25, 0.3) is 0 Å². The molecule has 0 aliphatic rings. The Kier molecular flexibility index (Phi) is 5.69. The van der Waals surface area contributed by atoms with Gasteiger partial charge in [-0.25, -0.2) is 17.5 Å². The molecule has 0 aromatic heterocycles. The summed E-state index contributed by atoms with van der Waals surface area (Å²) in [5.74, 6) is -0.649. The second kappa shape index (κ2) is 7.55. The molecule has 5 nitrogen and oxygen atoms in total. The average Bonchev–Trinajstić information content (AvgIpc) is 2.56. The second-order valence-corrected chi connectivity index (χ2v) is 7.20. The molecule has 0 unspecified atom stereocenters. The first-order valence-corrected chi connectivity index (χ1v) is 8.88. The van der Waals surface area contributed by atoms with Gasteiger partial charge in [0.2, 0.25) is 10.0 Å². The van der Waals surface area contributed by atoms with Gasteiger partial charge in [-0.15, -0.1) is 0 Å². The predicted octanol–water partition coefficient (Wildman–Crippen LogP) is 2.01. The smallest absolute Gasteiger partial charge is 0.251 e. The predicted molar refractivity (Wildman–Crippen MR) is 89.9 cm³/mol. The van der Waals surface area contributed by atoms with Crippen molar-refractivity contribution in [2.75, 3.05) is 13.6 Å². The molecule has 1 amide bonds. The van der Waals surface area contributed by atoms with Crippen molar-refractivity contribution in [3.05, 3.63) is 65.0 Å². The third-order valence-electron chi connectivity index (χ3n) is 3.65. The van der Waals surface area contributed by atoms with Crippen LogP contribution in [0.4, 0.5) is 4.39 Å². The van der Waals surface area contributed by atoms with Crippen LogP contribution in [0.5, 0.6) is 0 Å². The largest absolute Gasteiger partial charge is 0.352 e. The molecule has 2 aromatic rings. The van der Waals surface area contributed by atoms with E-state index in [2.05, 4.69) is 10.0 Å². The van der Waals surface area contributed by atoms with E-state index in [1.165, 1.54) is 31.3 Å². The van der Waals surface area contributed by atoms with Crippen LogP contribution in [0.3, 0.4) is 0 Å². The molecule has 128 valence electrons. The number of hydrogen-bond acceptors (Lipinski definition) is 3. The lowest BCUT2D eigenvalue weighted by Gasteiger charge is -2.10. The van der Waals surface area contributed by atoms with Gasteiger partial charge in [0, 0.05) is 12.1 Å². The number of sulfonamides is 1. The Morgan fingerprint density at radius 2 is 1.79 bits per heavy atom. The van der Waals surface area contributed by atoms with E-state index in [1.807, 2.05) is 0 Å². The van der Waals surface area contributed by atoms with Crippen LogP contribution in [-0.2, 0) is 16.4 Å². The van der Waals surface area contributed by atoms with Gasteiger partial charge < -0.3 is 5.32 Å². The Bertz CT molecular complexity index is 833. The number of rotatable bonds is 6. The maximum Gasteiger partial charge on any atom is 0.251 e. The summed E-state index contributed by atoms with van der Waals surface area (Å²) < 4.78 is 38.7. The number of carbonyl (C=O) groups is 1. The molecule has 0 atom stereocenters. The molecule has 24 heavy (non-hydrogen) atoms. The van der Waals surface area contributed by atoms with Crippen LogP contribution in [0.1, 0.15) is 21.5 Å². The Hall–Kier alpha value is -2.25. The van der Waals surface area contributed by atoms with Crippen LogP contribution in [0.2, 0.25) is 0 Å².